The lowest BCUT2D eigenvalue weighted by Crippen LogP contribution is -2.47. The topological polar surface area (TPSA) is 75.9 Å². The van der Waals surface area contributed by atoms with Crippen LogP contribution in [0.15, 0.2) is 24.3 Å². The predicted molar refractivity (Wildman–Crippen MR) is 72.7 cm³/mol. The van der Waals surface area contributed by atoms with Crippen molar-refractivity contribution in [1.82, 2.24) is 30.4 Å². The highest BCUT2D eigenvalue weighted by molar-refractivity contribution is 5.76. The van der Waals surface area contributed by atoms with Crippen molar-refractivity contribution in [3.63, 3.8) is 0 Å². The van der Waals surface area contributed by atoms with Crippen molar-refractivity contribution in [2.75, 3.05) is 26.2 Å². The number of hydrogen-bond donors (Lipinski definition) is 1. The third-order valence-corrected chi connectivity index (χ3v) is 3.40. The number of piperazine rings is 1. The predicted octanol–water partition coefficient (Wildman–Crippen LogP) is -0.0890. The summed E-state index contributed by atoms with van der Waals surface area (Å²) in [4.78, 5) is 14.0. The van der Waals surface area contributed by atoms with Crippen molar-refractivity contribution in [3.05, 3.63) is 30.1 Å². The van der Waals surface area contributed by atoms with Gasteiger partial charge < -0.3 is 10.2 Å². The average Bonchev–Trinajstić information content (AvgIpc) is 2.96. The van der Waals surface area contributed by atoms with Gasteiger partial charge in [-0.1, -0.05) is 12.1 Å². The number of carbonyl (C=O) groups excluding carboxylic acids is 1. The lowest BCUT2D eigenvalue weighted by atomic mass is 10.2. The molecule has 21 heavy (non-hydrogen) atoms. The molecule has 0 aliphatic carbocycles. The van der Waals surface area contributed by atoms with E-state index in [2.05, 4.69) is 20.8 Å². The molecule has 0 unspecified atom stereocenters. The molecule has 1 amide bonds. The van der Waals surface area contributed by atoms with E-state index in [1.165, 1.54) is 10.7 Å². The van der Waals surface area contributed by atoms with Crippen LogP contribution in [0.1, 0.15) is 0 Å². The molecule has 1 saturated heterocycles. The highest BCUT2D eigenvalue weighted by Gasteiger charge is 2.20. The Labute approximate surface area is 120 Å². The van der Waals surface area contributed by atoms with Gasteiger partial charge in [0.2, 0.25) is 5.91 Å². The van der Waals surface area contributed by atoms with Gasteiger partial charge in [-0.15, -0.1) is 5.10 Å². The summed E-state index contributed by atoms with van der Waals surface area (Å²) in [5.41, 5.74) is 0.288. The summed E-state index contributed by atoms with van der Waals surface area (Å²) in [6.45, 7) is 2.89. The normalized spacial score (nSPS) is 15.2. The Hall–Kier alpha value is -2.35. The van der Waals surface area contributed by atoms with E-state index in [1.807, 2.05) is 0 Å². The van der Waals surface area contributed by atoms with Crippen LogP contribution in [-0.4, -0.2) is 57.2 Å². The number of tetrazole rings is 1. The van der Waals surface area contributed by atoms with Crippen molar-refractivity contribution in [2.24, 2.45) is 0 Å². The SMILES string of the molecule is O=C(Cn1nnnc1-c1ccccc1F)N1CCNCC1. The highest BCUT2D eigenvalue weighted by atomic mass is 19.1. The van der Waals surface area contributed by atoms with Crippen LogP contribution in [0.4, 0.5) is 4.39 Å². The molecule has 7 nitrogen and oxygen atoms in total. The number of hydrogen-bond acceptors (Lipinski definition) is 5. The molecule has 0 radical (unpaired) electrons. The molecule has 0 atom stereocenters. The molecule has 3 rings (SSSR count). The Morgan fingerprint density at radius 1 is 1.29 bits per heavy atom. The number of amides is 1. The van der Waals surface area contributed by atoms with Crippen LogP contribution in [0.25, 0.3) is 11.4 Å². The first-order valence-electron chi connectivity index (χ1n) is 6.75. The monoisotopic (exact) mass is 290 g/mol. The van der Waals surface area contributed by atoms with Crippen LogP contribution in [-0.2, 0) is 11.3 Å². The van der Waals surface area contributed by atoms with Crippen LogP contribution in [0.3, 0.4) is 0 Å². The smallest absolute Gasteiger partial charge is 0.244 e. The van der Waals surface area contributed by atoms with Crippen molar-refractivity contribution < 1.29 is 9.18 Å². The number of rotatable bonds is 3. The zero-order valence-corrected chi connectivity index (χ0v) is 11.4. The third-order valence-electron chi connectivity index (χ3n) is 3.40. The Bertz CT molecular complexity index is 637. The molecular weight excluding hydrogens is 275 g/mol. The van der Waals surface area contributed by atoms with Crippen LogP contribution in [0, 0.1) is 5.82 Å². The first kappa shape index (κ1) is 13.6. The van der Waals surface area contributed by atoms with E-state index in [0.717, 1.165) is 13.1 Å². The van der Waals surface area contributed by atoms with E-state index in [-0.39, 0.29) is 23.8 Å². The van der Waals surface area contributed by atoms with Gasteiger partial charge in [0.15, 0.2) is 5.82 Å². The fourth-order valence-corrected chi connectivity index (χ4v) is 2.29. The van der Waals surface area contributed by atoms with Gasteiger partial charge in [0.1, 0.15) is 12.4 Å². The van der Waals surface area contributed by atoms with E-state index in [0.29, 0.717) is 13.1 Å². The second kappa shape index (κ2) is 5.96. The molecule has 1 aliphatic heterocycles. The summed E-state index contributed by atoms with van der Waals surface area (Å²) in [7, 11) is 0. The number of aromatic nitrogens is 4. The zero-order chi connectivity index (χ0) is 14.7. The lowest BCUT2D eigenvalue weighted by molar-refractivity contribution is -0.132. The quantitative estimate of drug-likeness (QED) is 0.855. The summed E-state index contributed by atoms with van der Waals surface area (Å²) >= 11 is 0. The molecule has 1 aromatic carbocycles. The third kappa shape index (κ3) is 2.89. The van der Waals surface area contributed by atoms with Gasteiger partial charge in [-0.05, 0) is 22.6 Å². The van der Waals surface area contributed by atoms with Crippen LogP contribution < -0.4 is 5.32 Å². The Kier molecular flexibility index (Phi) is 3.87. The molecule has 0 saturated carbocycles. The number of carbonyl (C=O) groups is 1. The van der Waals surface area contributed by atoms with E-state index >= 15 is 0 Å². The molecule has 2 aromatic rings. The molecule has 2 heterocycles. The maximum absolute atomic E-state index is 13.8. The van der Waals surface area contributed by atoms with Crippen LogP contribution in [0.2, 0.25) is 0 Å². The second-order valence-corrected chi connectivity index (χ2v) is 4.77. The molecule has 1 aliphatic rings. The molecule has 1 N–H and O–H groups in total. The fourth-order valence-electron chi connectivity index (χ4n) is 2.29. The minimum Gasteiger partial charge on any atom is -0.339 e. The van der Waals surface area contributed by atoms with Crippen molar-refractivity contribution in [1.29, 1.82) is 0 Å². The summed E-state index contributed by atoms with van der Waals surface area (Å²) < 4.78 is 15.1. The van der Waals surface area contributed by atoms with Crippen molar-refractivity contribution >= 4 is 5.91 Å². The number of nitrogens with one attached hydrogen (secondary N) is 1. The fraction of sp³-hybridized carbons (Fsp3) is 0.385. The van der Waals surface area contributed by atoms with Gasteiger partial charge in [-0.3, -0.25) is 4.79 Å². The second-order valence-electron chi connectivity index (χ2n) is 4.77. The zero-order valence-electron chi connectivity index (χ0n) is 11.4. The van der Waals surface area contributed by atoms with E-state index < -0.39 is 5.82 Å². The van der Waals surface area contributed by atoms with Gasteiger partial charge >= 0.3 is 0 Å². The standard InChI is InChI=1S/C13H15FN6O/c14-11-4-2-1-3-10(11)13-16-17-18-20(13)9-12(21)19-7-5-15-6-8-19/h1-4,15H,5-9H2. The Balaban J connectivity index is 1.80. The molecule has 0 bridgehead atoms. The average molecular weight is 290 g/mol. The number of benzene rings is 1. The molecule has 1 aromatic heterocycles. The minimum atomic E-state index is -0.414. The molecule has 0 spiro atoms. The summed E-state index contributed by atoms with van der Waals surface area (Å²) in [5, 5.41) is 14.4. The highest BCUT2D eigenvalue weighted by Crippen LogP contribution is 2.19. The summed E-state index contributed by atoms with van der Waals surface area (Å²) in [6.07, 6.45) is 0. The first-order valence-corrected chi connectivity index (χ1v) is 6.75. The lowest BCUT2D eigenvalue weighted by Gasteiger charge is -2.27. The summed E-state index contributed by atoms with van der Waals surface area (Å²) in [6, 6.07) is 6.23. The molecule has 8 heteroatoms. The first-order chi connectivity index (χ1) is 10.3. The van der Waals surface area contributed by atoms with Crippen LogP contribution >= 0.6 is 0 Å². The number of halogens is 1. The van der Waals surface area contributed by atoms with Gasteiger partial charge in [0.05, 0.1) is 5.56 Å². The summed E-state index contributed by atoms with van der Waals surface area (Å²) in [5.74, 6) is -0.221. The Morgan fingerprint density at radius 3 is 2.81 bits per heavy atom. The molecule has 1 fully saturated rings. The number of nitrogens with zero attached hydrogens (tertiary/aromatic N) is 5. The van der Waals surface area contributed by atoms with Gasteiger partial charge in [0.25, 0.3) is 0 Å². The van der Waals surface area contributed by atoms with E-state index in [4.69, 9.17) is 0 Å². The maximum Gasteiger partial charge on any atom is 0.244 e. The van der Waals surface area contributed by atoms with E-state index in [9.17, 15) is 9.18 Å². The van der Waals surface area contributed by atoms with Crippen molar-refractivity contribution in [3.8, 4) is 11.4 Å². The van der Waals surface area contributed by atoms with Gasteiger partial charge in [-0.2, -0.15) is 0 Å². The van der Waals surface area contributed by atoms with Gasteiger partial charge in [-0.25, -0.2) is 9.07 Å². The largest absolute Gasteiger partial charge is 0.339 e. The molecular formula is C13H15FN6O. The Morgan fingerprint density at radius 2 is 2.05 bits per heavy atom. The van der Waals surface area contributed by atoms with Crippen LogP contribution in [0.5, 0.6) is 0 Å². The van der Waals surface area contributed by atoms with Crippen molar-refractivity contribution in [2.45, 2.75) is 6.54 Å². The minimum absolute atomic E-state index is 0.0106. The molecule has 110 valence electrons. The van der Waals surface area contributed by atoms with E-state index in [1.54, 1.807) is 23.1 Å². The maximum atomic E-state index is 13.8. The van der Waals surface area contributed by atoms with Gasteiger partial charge in [0, 0.05) is 26.2 Å².